The lowest BCUT2D eigenvalue weighted by Crippen LogP contribution is -2.02. The van der Waals surface area contributed by atoms with Gasteiger partial charge in [0.2, 0.25) is 11.7 Å². The zero-order valence-electron chi connectivity index (χ0n) is 22.8. The fraction of sp³-hybridized carbons (Fsp3) is 0. The molecule has 0 spiro atoms. The van der Waals surface area contributed by atoms with Gasteiger partial charge in [-0.2, -0.15) is 4.98 Å². The maximum Gasteiger partial charge on any atom is 0.238 e. The number of furan rings is 1. The lowest BCUT2D eigenvalue weighted by atomic mass is 10.0. The molecule has 0 saturated heterocycles. The van der Waals surface area contributed by atoms with Crippen LogP contribution in [-0.2, 0) is 0 Å². The average Bonchev–Trinajstić information content (AvgIpc) is 3.74. The summed E-state index contributed by atoms with van der Waals surface area (Å²) in [6, 6.07) is 44.7. The zero-order valence-corrected chi connectivity index (χ0v) is 23.6. The summed E-state index contributed by atoms with van der Waals surface area (Å²) in [4.78, 5) is 10.5. The largest absolute Gasteiger partial charge is 0.437 e. The zero-order chi connectivity index (χ0) is 28.1. The smallest absolute Gasteiger partial charge is 0.238 e. The summed E-state index contributed by atoms with van der Waals surface area (Å²) < 4.78 is 11.2. The topological polar surface area (TPSA) is 43.9 Å². The summed E-state index contributed by atoms with van der Waals surface area (Å²) in [6.07, 6.45) is 0. The molecule has 0 atom stereocenters. The highest BCUT2D eigenvalue weighted by Crippen LogP contribution is 2.45. The number of hydrogen-bond donors (Lipinski definition) is 0. The lowest BCUT2D eigenvalue weighted by molar-refractivity contribution is 0.651. The van der Waals surface area contributed by atoms with Gasteiger partial charge in [0.1, 0.15) is 5.58 Å². The summed E-state index contributed by atoms with van der Waals surface area (Å²) in [6.45, 7) is 0. The number of rotatable bonds is 2. The van der Waals surface area contributed by atoms with E-state index in [9.17, 15) is 0 Å². The van der Waals surface area contributed by atoms with E-state index in [1.165, 1.54) is 41.7 Å². The average molecular weight is 568 g/mol. The van der Waals surface area contributed by atoms with Crippen LogP contribution >= 0.6 is 11.3 Å². The van der Waals surface area contributed by atoms with Crippen molar-refractivity contribution in [3.05, 3.63) is 127 Å². The Labute approximate surface area is 249 Å². The van der Waals surface area contributed by atoms with Crippen LogP contribution in [0.5, 0.6) is 0 Å². The number of benzene rings is 6. The second kappa shape index (κ2) is 8.51. The molecule has 0 bridgehead atoms. The number of para-hydroxylation sites is 1. The van der Waals surface area contributed by atoms with Crippen LogP contribution in [0.4, 0.5) is 0 Å². The lowest BCUT2D eigenvalue weighted by Gasteiger charge is -2.10. The Morgan fingerprint density at radius 3 is 2.21 bits per heavy atom. The molecule has 0 unspecified atom stereocenters. The van der Waals surface area contributed by atoms with Crippen molar-refractivity contribution < 1.29 is 4.42 Å². The molecule has 10 rings (SSSR count). The molecule has 0 fully saturated rings. The normalized spacial score (nSPS) is 12.2. The highest BCUT2D eigenvalue weighted by molar-refractivity contribution is 7.26. The van der Waals surface area contributed by atoms with Gasteiger partial charge in [-0.25, -0.2) is 4.98 Å². The van der Waals surface area contributed by atoms with Crippen LogP contribution in [-0.4, -0.2) is 14.5 Å². The van der Waals surface area contributed by atoms with E-state index >= 15 is 0 Å². The van der Waals surface area contributed by atoms with Gasteiger partial charge < -0.3 is 4.42 Å². The SMILES string of the molecule is c1ccc(-c2nc(-n3c4ccccc4c4c5ccccc5ccc43)nc3oc4ccc5c6ccccc6sc5c4c23)cc1. The Kier molecular flexibility index (Phi) is 4.57. The first-order valence-corrected chi connectivity index (χ1v) is 15.2. The van der Waals surface area contributed by atoms with Gasteiger partial charge >= 0.3 is 0 Å². The minimum Gasteiger partial charge on any atom is -0.437 e. The van der Waals surface area contributed by atoms with Crippen LogP contribution < -0.4 is 0 Å². The molecule has 6 aromatic carbocycles. The Hall–Kier alpha value is -5.52. The molecular weight excluding hydrogens is 547 g/mol. The van der Waals surface area contributed by atoms with Crippen molar-refractivity contribution >= 4 is 86.2 Å². The van der Waals surface area contributed by atoms with Crippen LogP contribution in [0.25, 0.3) is 92.0 Å². The summed E-state index contributed by atoms with van der Waals surface area (Å²) >= 11 is 1.80. The van der Waals surface area contributed by atoms with Gasteiger partial charge in [0.05, 0.1) is 27.5 Å². The number of hydrogen-bond acceptors (Lipinski definition) is 4. The van der Waals surface area contributed by atoms with Gasteiger partial charge in [0.15, 0.2) is 0 Å². The summed E-state index contributed by atoms with van der Waals surface area (Å²) in [7, 11) is 0. The fourth-order valence-corrected chi connectivity index (χ4v) is 8.03. The first-order chi connectivity index (χ1) is 21.3. The summed E-state index contributed by atoms with van der Waals surface area (Å²) in [5, 5.41) is 9.33. The van der Waals surface area contributed by atoms with Crippen molar-refractivity contribution in [2.45, 2.75) is 0 Å². The maximum absolute atomic E-state index is 6.59. The molecule has 10 aromatic rings. The van der Waals surface area contributed by atoms with Gasteiger partial charge in [0, 0.05) is 36.5 Å². The molecule has 4 nitrogen and oxygen atoms in total. The molecule has 200 valence electrons. The Balaban J connectivity index is 1.38. The van der Waals surface area contributed by atoms with Gasteiger partial charge in [-0.1, -0.05) is 97.1 Å². The maximum atomic E-state index is 6.59. The minimum atomic E-state index is 0.593. The Bertz CT molecular complexity index is 2730. The van der Waals surface area contributed by atoms with E-state index in [2.05, 4.69) is 126 Å². The van der Waals surface area contributed by atoms with Gasteiger partial charge in [0.25, 0.3) is 0 Å². The van der Waals surface area contributed by atoms with Crippen LogP contribution in [0.15, 0.2) is 132 Å². The third-order valence-electron chi connectivity index (χ3n) is 8.64. The van der Waals surface area contributed by atoms with Crippen LogP contribution in [0, 0.1) is 0 Å². The van der Waals surface area contributed by atoms with Gasteiger partial charge in [-0.3, -0.25) is 4.57 Å². The second-order valence-electron chi connectivity index (χ2n) is 11.0. The van der Waals surface area contributed by atoms with Crippen molar-refractivity contribution in [1.82, 2.24) is 14.5 Å². The molecule has 5 heteroatoms. The van der Waals surface area contributed by atoms with Gasteiger partial charge in [-0.15, -0.1) is 11.3 Å². The monoisotopic (exact) mass is 567 g/mol. The number of aromatic nitrogens is 3. The van der Waals surface area contributed by atoms with Crippen molar-refractivity contribution in [2.24, 2.45) is 0 Å². The highest BCUT2D eigenvalue weighted by atomic mass is 32.1. The molecule has 43 heavy (non-hydrogen) atoms. The van der Waals surface area contributed by atoms with Gasteiger partial charge in [-0.05, 0) is 41.1 Å². The van der Waals surface area contributed by atoms with E-state index in [1.807, 2.05) is 6.07 Å². The number of thiophene rings is 1. The number of nitrogens with zero attached hydrogens (tertiary/aromatic N) is 3. The fourth-order valence-electron chi connectivity index (χ4n) is 6.78. The molecule has 0 aliphatic heterocycles. The first kappa shape index (κ1) is 23.1. The number of fused-ring (bicyclic) bond motifs is 12. The molecule has 0 radical (unpaired) electrons. The van der Waals surface area contributed by atoms with Crippen LogP contribution in [0.3, 0.4) is 0 Å². The van der Waals surface area contributed by atoms with E-state index in [0.717, 1.165) is 38.6 Å². The second-order valence-corrected chi connectivity index (χ2v) is 12.0. The quantitative estimate of drug-likeness (QED) is 0.209. The first-order valence-electron chi connectivity index (χ1n) is 14.3. The molecular formula is C38H21N3OS. The minimum absolute atomic E-state index is 0.593. The highest BCUT2D eigenvalue weighted by Gasteiger charge is 2.23. The van der Waals surface area contributed by atoms with E-state index in [-0.39, 0.29) is 0 Å². The van der Waals surface area contributed by atoms with Crippen molar-refractivity contribution in [3.8, 4) is 17.2 Å². The predicted molar refractivity (Wildman–Crippen MR) is 179 cm³/mol. The molecule has 4 aromatic heterocycles. The summed E-state index contributed by atoms with van der Waals surface area (Å²) in [5.41, 5.74) is 5.46. The third kappa shape index (κ3) is 3.14. The van der Waals surface area contributed by atoms with E-state index < -0.39 is 0 Å². The van der Waals surface area contributed by atoms with Crippen molar-refractivity contribution in [2.75, 3.05) is 0 Å². The standard InChI is InChI=1S/C38H21N3OS/c1-2-11-23(12-3-1)35-34-33-30(21-19-26-25-14-7-9-17-31(25)43-36(26)33)42-37(34)40-38(39-35)41-28-16-8-6-15-27(28)32-24-13-5-4-10-22(24)18-20-29(32)41/h1-21H. The summed E-state index contributed by atoms with van der Waals surface area (Å²) in [5.74, 6) is 0.597. The van der Waals surface area contributed by atoms with E-state index in [0.29, 0.717) is 11.7 Å². The van der Waals surface area contributed by atoms with E-state index in [1.54, 1.807) is 11.3 Å². The molecule has 0 amide bonds. The van der Waals surface area contributed by atoms with Crippen LogP contribution in [0.1, 0.15) is 0 Å². The Morgan fingerprint density at radius 2 is 1.30 bits per heavy atom. The molecule has 0 aliphatic rings. The molecule has 0 N–H and O–H groups in total. The Morgan fingerprint density at radius 1 is 0.535 bits per heavy atom. The molecule has 0 saturated carbocycles. The molecule has 4 heterocycles. The van der Waals surface area contributed by atoms with E-state index in [4.69, 9.17) is 14.4 Å². The molecule has 0 aliphatic carbocycles. The predicted octanol–water partition coefficient (Wildman–Crippen LogP) is 10.7. The third-order valence-corrected chi connectivity index (χ3v) is 9.84. The van der Waals surface area contributed by atoms with Crippen molar-refractivity contribution in [1.29, 1.82) is 0 Å². The van der Waals surface area contributed by atoms with Crippen molar-refractivity contribution in [3.63, 3.8) is 0 Å². The van der Waals surface area contributed by atoms with Crippen LogP contribution in [0.2, 0.25) is 0 Å².